The number of benzene rings is 2. The van der Waals surface area contributed by atoms with Crippen LogP contribution in [0, 0.1) is 30.2 Å². The van der Waals surface area contributed by atoms with Crippen molar-refractivity contribution in [3.05, 3.63) is 58.7 Å². The molecule has 0 saturated carbocycles. The third kappa shape index (κ3) is 2.35. The molecular weight excluding hydrogens is 256 g/mol. The summed E-state index contributed by atoms with van der Waals surface area (Å²) in [5, 5.41) is 0. The molecule has 0 amide bonds. The zero-order chi connectivity index (χ0) is 14.2. The van der Waals surface area contributed by atoms with Gasteiger partial charge in [-0.05, 0) is 36.6 Å². The van der Waals surface area contributed by atoms with E-state index >= 15 is 0 Å². The van der Waals surface area contributed by atoms with Crippen molar-refractivity contribution in [3.8, 4) is 11.1 Å². The molecule has 0 aliphatic carbocycles. The first-order valence-corrected chi connectivity index (χ1v) is 5.88. The Balaban J connectivity index is 2.69. The zero-order valence-corrected chi connectivity index (χ0v) is 10.5. The monoisotopic (exact) mass is 268 g/mol. The summed E-state index contributed by atoms with van der Waals surface area (Å²) in [4.78, 5) is 0. The Kier molecular flexibility index (Phi) is 3.60. The predicted octanol–water partition coefficient (Wildman–Crippen LogP) is 4.78. The molecule has 0 N–H and O–H groups in total. The van der Waals surface area contributed by atoms with Crippen LogP contribution in [0.25, 0.3) is 11.1 Å². The molecule has 0 fully saturated rings. The molecule has 0 unspecified atom stereocenters. The van der Waals surface area contributed by atoms with Gasteiger partial charge in [-0.2, -0.15) is 0 Å². The Morgan fingerprint density at radius 2 is 1.58 bits per heavy atom. The Hall–Kier alpha value is -1.84. The summed E-state index contributed by atoms with van der Waals surface area (Å²) in [7, 11) is 0. The van der Waals surface area contributed by atoms with E-state index in [0.717, 1.165) is 6.07 Å². The molecule has 100 valence electrons. The Bertz CT molecular complexity index is 633. The van der Waals surface area contributed by atoms with Gasteiger partial charge < -0.3 is 0 Å². The van der Waals surface area contributed by atoms with E-state index in [1.807, 2.05) is 6.92 Å². The van der Waals surface area contributed by atoms with Gasteiger partial charge in [0.1, 0.15) is 11.6 Å². The van der Waals surface area contributed by atoms with Crippen molar-refractivity contribution in [2.24, 2.45) is 0 Å². The lowest BCUT2D eigenvalue weighted by molar-refractivity contribution is 0.492. The number of halogens is 4. The van der Waals surface area contributed by atoms with Crippen LogP contribution in [0.5, 0.6) is 0 Å². The first kappa shape index (κ1) is 13.6. The van der Waals surface area contributed by atoms with Crippen LogP contribution in [-0.2, 0) is 6.42 Å². The molecule has 2 aromatic carbocycles. The van der Waals surface area contributed by atoms with E-state index in [4.69, 9.17) is 0 Å². The van der Waals surface area contributed by atoms with Crippen molar-refractivity contribution in [3.63, 3.8) is 0 Å². The highest BCUT2D eigenvalue weighted by Crippen LogP contribution is 2.31. The minimum atomic E-state index is -1.36. The lowest BCUT2D eigenvalue weighted by atomic mass is 9.99. The quantitative estimate of drug-likeness (QED) is 0.543. The molecule has 0 nitrogen and oxygen atoms in total. The highest BCUT2D eigenvalue weighted by molar-refractivity contribution is 5.66. The van der Waals surface area contributed by atoms with E-state index in [-0.39, 0.29) is 11.1 Å². The average molecular weight is 268 g/mol. The molecule has 2 rings (SSSR count). The van der Waals surface area contributed by atoms with Crippen LogP contribution in [-0.4, -0.2) is 0 Å². The minimum Gasteiger partial charge on any atom is -0.206 e. The van der Waals surface area contributed by atoms with Gasteiger partial charge in [0.2, 0.25) is 0 Å². The van der Waals surface area contributed by atoms with Crippen LogP contribution in [0.1, 0.15) is 18.1 Å². The normalized spacial score (nSPS) is 10.8. The van der Waals surface area contributed by atoms with E-state index in [1.165, 1.54) is 19.1 Å². The van der Waals surface area contributed by atoms with Gasteiger partial charge in [0.25, 0.3) is 0 Å². The molecule has 0 atom stereocenters. The van der Waals surface area contributed by atoms with Crippen molar-refractivity contribution >= 4 is 0 Å². The lowest BCUT2D eigenvalue weighted by Gasteiger charge is -2.10. The average Bonchev–Trinajstić information content (AvgIpc) is 2.38. The molecular formula is C15H12F4. The summed E-state index contributed by atoms with van der Waals surface area (Å²) in [5.41, 5.74) is -0.381. The number of aryl methyl sites for hydroxylation is 2. The van der Waals surface area contributed by atoms with E-state index in [1.54, 1.807) is 6.07 Å². The second-order valence-corrected chi connectivity index (χ2v) is 4.35. The van der Waals surface area contributed by atoms with E-state index in [0.29, 0.717) is 12.0 Å². The topological polar surface area (TPSA) is 0 Å². The van der Waals surface area contributed by atoms with Crippen molar-refractivity contribution in [1.29, 1.82) is 0 Å². The van der Waals surface area contributed by atoms with Crippen LogP contribution in [0.2, 0.25) is 0 Å². The first-order valence-electron chi connectivity index (χ1n) is 5.88. The fourth-order valence-electron chi connectivity index (χ4n) is 1.94. The smallest absolute Gasteiger partial charge is 0.169 e. The first-order chi connectivity index (χ1) is 8.95. The van der Waals surface area contributed by atoms with Crippen molar-refractivity contribution in [2.75, 3.05) is 0 Å². The second-order valence-electron chi connectivity index (χ2n) is 4.35. The minimum absolute atomic E-state index is 0.149. The molecule has 0 saturated heterocycles. The molecule has 0 radical (unpaired) electrons. The Morgan fingerprint density at radius 3 is 2.16 bits per heavy atom. The van der Waals surface area contributed by atoms with Crippen LogP contribution in [0.3, 0.4) is 0 Å². The van der Waals surface area contributed by atoms with Gasteiger partial charge in [-0.1, -0.05) is 19.1 Å². The van der Waals surface area contributed by atoms with Gasteiger partial charge in [0.05, 0.1) is 5.56 Å². The van der Waals surface area contributed by atoms with Gasteiger partial charge in [-0.15, -0.1) is 0 Å². The van der Waals surface area contributed by atoms with E-state index in [9.17, 15) is 17.6 Å². The molecule has 0 aliphatic rings. The van der Waals surface area contributed by atoms with Crippen LogP contribution >= 0.6 is 0 Å². The summed E-state index contributed by atoms with van der Waals surface area (Å²) in [6.45, 7) is 3.09. The third-order valence-corrected chi connectivity index (χ3v) is 3.05. The molecule has 19 heavy (non-hydrogen) atoms. The largest absolute Gasteiger partial charge is 0.206 e. The van der Waals surface area contributed by atoms with Gasteiger partial charge in [0.15, 0.2) is 11.6 Å². The predicted molar refractivity (Wildman–Crippen MR) is 65.8 cm³/mol. The zero-order valence-electron chi connectivity index (χ0n) is 10.5. The van der Waals surface area contributed by atoms with Crippen molar-refractivity contribution in [2.45, 2.75) is 20.3 Å². The maximum absolute atomic E-state index is 13.9. The van der Waals surface area contributed by atoms with Crippen molar-refractivity contribution in [1.82, 2.24) is 0 Å². The third-order valence-electron chi connectivity index (χ3n) is 3.05. The van der Waals surface area contributed by atoms with Crippen LogP contribution in [0.15, 0.2) is 24.3 Å². The Labute approximate surface area is 108 Å². The van der Waals surface area contributed by atoms with E-state index in [2.05, 4.69) is 0 Å². The van der Waals surface area contributed by atoms with Gasteiger partial charge in [-0.25, -0.2) is 17.6 Å². The molecule has 2 aromatic rings. The summed E-state index contributed by atoms with van der Waals surface area (Å²) in [5.74, 6) is -4.25. The summed E-state index contributed by atoms with van der Waals surface area (Å²) >= 11 is 0. The highest BCUT2D eigenvalue weighted by atomic mass is 19.2. The SMILES string of the molecule is CCc1ccc(-c2c(F)cc(C)c(F)c2F)c(F)c1. The number of rotatable bonds is 2. The molecule has 0 bridgehead atoms. The summed E-state index contributed by atoms with van der Waals surface area (Å²) in [6, 6.07) is 4.90. The molecule has 0 heterocycles. The molecule has 0 aliphatic heterocycles. The number of hydrogen-bond donors (Lipinski definition) is 0. The fourth-order valence-corrected chi connectivity index (χ4v) is 1.94. The van der Waals surface area contributed by atoms with Crippen LogP contribution in [0.4, 0.5) is 17.6 Å². The van der Waals surface area contributed by atoms with Gasteiger partial charge >= 0.3 is 0 Å². The second kappa shape index (κ2) is 5.03. The summed E-state index contributed by atoms with van der Waals surface area (Å²) in [6.07, 6.45) is 0.602. The lowest BCUT2D eigenvalue weighted by Crippen LogP contribution is -1.99. The maximum Gasteiger partial charge on any atom is 0.169 e. The highest BCUT2D eigenvalue weighted by Gasteiger charge is 2.20. The number of hydrogen-bond acceptors (Lipinski definition) is 0. The standard InChI is InChI=1S/C15H12F4/c1-3-9-4-5-10(11(16)7-9)13-12(17)6-8(2)14(18)15(13)19/h4-7H,3H2,1-2H3. The van der Waals surface area contributed by atoms with Gasteiger partial charge in [-0.3, -0.25) is 0 Å². The van der Waals surface area contributed by atoms with Crippen molar-refractivity contribution < 1.29 is 17.6 Å². The van der Waals surface area contributed by atoms with Crippen LogP contribution < -0.4 is 0 Å². The Morgan fingerprint density at radius 1 is 0.895 bits per heavy atom. The maximum atomic E-state index is 13.9. The molecule has 0 spiro atoms. The van der Waals surface area contributed by atoms with Gasteiger partial charge in [0, 0.05) is 5.56 Å². The molecule has 4 heteroatoms. The summed E-state index contributed by atoms with van der Waals surface area (Å²) < 4.78 is 54.9. The molecule has 0 aromatic heterocycles. The van der Waals surface area contributed by atoms with E-state index < -0.39 is 28.8 Å². The fraction of sp³-hybridized carbons (Fsp3) is 0.200.